The summed E-state index contributed by atoms with van der Waals surface area (Å²) in [4.78, 5) is 12.0. The number of carbonyl (C=O) groups excluding carboxylic acids is 1. The Labute approximate surface area is 139 Å². The SMILES string of the molecule is CCOCCCNC(=O)/C(C#N)=C\NC(C)C1CC2CCC1C2. The lowest BCUT2D eigenvalue weighted by atomic mass is 9.84. The second kappa shape index (κ2) is 8.93. The van der Waals surface area contributed by atoms with Gasteiger partial charge in [-0.05, 0) is 57.3 Å². The highest BCUT2D eigenvalue weighted by Crippen LogP contribution is 2.49. The molecule has 0 spiro atoms. The highest BCUT2D eigenvalue weighted by atomic mass is 16.5. The molecule has 0 aromatic heterocycles. The van der Waals surface area contributed by atoms with Crippen LogP contribution in [0.1, 0.15) is 46.0 Å². The van der Waals surface area contributed by atoms with Crippen molar-refractivity contribution in [2.24, 2.45) is 17.8 Å². The lowest BCUT2D eigenvalue weighted by Crippen LogP contribution is -2.34. The molecular weight excluding hydrogens is 290 g/mol. The summed E-state index contributed by atoms with van der Waals surface area (Å²) >= 11 is 0. The predicted molar refractivity (Wildman–Crippen MR) is 89.4 cm³/mol. The summed E-state index contributed by atoms with van der Waals surface area (Å²) < 4.78 is 5.22. The Balaban J connectivity index is 1.74. The van der Waals surface area contributed by atoms with Gasteiger partial charge in [0.1, 0.15) is 11.6 Å². The Morgan fingerprint density at radius 3 is 2.87 bits per heavy atom. The molecule has 0 aromatic rings. The van der Waals surface area contributed by atoms with E-state index in [-0.39, 0.29) is 11.5 Å². The first-order valence-electron chi connectivity index (χ1n) is 8.88. The number of fused-ring (bicyclic) bond motifs is 2. The molecule has 1 amide bonds. The molecule has 128 valence electrons. The lowest BCUT2D eigenvalue weighted by Gasteiger charge is -2.28. The first-order chi connectivity index (χ1) is 11.2. The van der Waals surface area contributed by atoms with E-state index in [1.165, 1.54) is 25.7 Å². The normalized spacial score (nSPS) is 27.5. The van der Waals surface area contributed by atoms with E-state index in [4.69, 9.17) is 4.74 Å². The molecule has 0 aromatic carbocycles. The molecule has 0 saturated heterocycles. The first kappa shape index (κ1) is 17.8. The molecule has 4 atom stereocenters. The maximum absolute atomic E-state index is 12.0. The van der Waals surface area contributed by atoms with Crippen molar-refractivity contribution >= 4 is 5.91 Å². The summed E-state index contributed by atoms with van der Waals surface area (Å²) in [7, 11) is 0. The highest BCUT2D eigenvalue weighted by molar-refractivity contribution is 5.97. The number of carbonyl (C=O) groups is 1. The number of nitriles is 1. The molecular formula is C18H29N3O2. The molecule has 2 bridgehead atoms. The Morgan fingerprint density at radius 1 is 1.43 bits per heavy atom. The third-order valence-corrected chi connectivity index (χ3v) is 5.25. The molecule has 2 aliphatic carbocycles. The van der Waals surface area contributed by atoms with Gasteiger partial charge in [0.2, 0.25) is 0 Å². The quantitative estimate of drug-likeness (QED) is 0.389. The second-order valence-corrected chi connectivity index (χ2v) is 6.77. The fourth-order valence-corrected chi connectivity index (χ4v) is 4.01. The van der Waals surface area contributed by atoms with Crippen molar-refractivity contribution in [3.05, 3.63) is 11.8 Å². The highest BCUT2D eigenvalue weighted by Gasteiger charge is 2.41. The van der Waals surface area contributed by atoms with Crippen molar-refractivity contribution < 1.29 is 9.53 Å². The molecule has 0 radical (unpaired) electrons. The molecule has 2 aliphatic rings. The molecule has 2 rings (SSSR count). The molecule has 5 nitrogen and oxygen atoms in total. The number of rotatable bonds is 9. The van der Waals surface area contributed by atoms with Crippen molar-refractivity contribution in [1.82, 2.24) is 10.6 Å². The summed E-state index contributed by atoms with van der Waals surface area (Å²) in [6, 6.07) is 2.31. The van der Waals surface area contributed by atoms with Crippen LogP contribution in [0.4, 0.5) is 0 Å². The Kier molecular flexibility index (Phi) is 6.91. The number of nitrogens with zero attached hydrogens (tertiary/aromatic N) is 1. The number of amides is 1. The van der Waals surface area contributed by atoms with Crippen LogP contribution in [0.3, 0.4) is 0 Å². The summed E-state index contributed by atoms with van der Waals surface area (Å²) in [6.45, 7) is 5.94. The predicted octanol–water partition coefficient (Wildman–Crippen LogP) is 2.35. The minimum atomic E-state index is -0.309. The molecule has 2 N–H and O–H groups in total. The monoisotopic (exact) mass is 319 g/mol. The molecule has 23 heavy (non-hydrogen) atoms. The van der Waals surface area contributed by atoms with Crippen LogP contribution < -0.4 is 10.6 Å². The van der Waals surface area contributed by atoms with E-state index >= 15 is 0 Å². The zero-order chi connectivity index (χ0) is 16.7. The standard InChI is InChI=1S/C18H29N3O2/c1-3-23-8-4-7-20-18(22)16(11-19)12-21-13(2)17-10-14-5-6-15(17)9-14/h12-15,17,21H,3-10H2,1-2H3,(H,20,22)/b16-12-. The van der Waals surface area contributed by atoms with Crippen molar-refractivity contribution in [3.63, 3.8) is 0 Å². The van der Waals surface area contributed by atoms with E-state index in [1.807, 2.05) is 13.0 Å². The molecule has 2 saturated carbocycles. The Bertz CT molecular complexity index is 469. The summed E-state index contributed by atoms with van der Waals surface area (Å²) in [5.74, 6) is 2.10. The average Bonchev–Trinajstić information content (AvgIpc) is 3.18. The molecule has 2 fully saturated rings. The van der Waals surface area contributed by atoms with Gasteiger partial charge in [-0.1, -0.05) is 6.42 Å². The Morgan fingerprint density at radius 2 is 2.26 bits per heavy atom. The third kappa shape index (κ3) is 4.97. The van der Waals surface area contributed by atoms with E-state index in [2.05, 4.69) is 17.6 Å². The van der Waals surface area contributed by atoms with E-state index in [1.54, 1.807) is 6.20 Å². The van der Waals surface area contributed by atoms with Crippen molar-refractivity contribution in [2.75, 3.05) is 19.8 Å². The molecule has 0 heterocycles. The van der Waals surface area contributed by atoms with Crippen LogP contribution in [-0.4, -0.2) is 31.7 Å². The molecule has 0 aliphatic heterocycles. The summed E-state index contributed by atoms with van der Waals surface area (Å²) in [5, 5.41) is 15.2. The van der Waals surface area contributed by atoms with Crippen LogP contribution in [0.2, 0.25) is 0 Å². The van der Waals surface area contributed by atoms with Crippen molar-refractivity contribution in [1.29, 1.82) is 5.26 Å². The van der Waals surface area contributed by atoms with Crippen molar-refractivity contribution in [3.8, 4) is 6.07 Å². The van der Waals surface area contributed by atoms with Crippen LogP contribution in [0, 0.1) is 29.1 Å². The van der Waals surface area contributed by atoms with E-state index in [0.29, 0.717) is 31.7 Å². The maximum atomic E-state index is 12.0. The van der Waals surface area contributed by atoms with Gasteiger partial charge in [0.05, 0.1) is 0 Å². The lowest BCUT2D eigenvalue weighted by molar-refractivity contribution is -0.117. The van der Waals surface area contributed by atoms with Gasteiger partial charge in [0.25, 0.3) is 5.91 Å². The third-order valence-electron chi connectivity index (χ3n) is 5.25. The van der Waals surface area contributed by atoms with Crippen LogP contribution in [0.25, 0.3) is 0 Å². The largest absolute Gasteiger partial charge is 0.387 e. The van der Waals surface area contributed by atoms with Gasteiger partial charge in [-0.15, -0.1) is 0 Å². The van der Waals surface area contributed by atoms with Gasteiger partial charge in [-0.25, -0.2) is 0 Å². The van der Waals surface area contributed by atoms with Gasteiger partial charge in [-0.3, -0.25) is 4.79 Å². The van der Waals surface area contributed by atoms with Crippen LogP contribution in [-0.2, 0) is 9.53 Å². The fourth-order valence-electron chi connectivity index (χ4n) is 4.01. The zero-order valence-electron chi connectivity index (χ0n) is 14.3. The van der Waals surface area contributed by atoms with E-state index in [0.717, 1.165) is 18.3 Å². The maximum Gasteiger partial charge on any atom is 0.263 e. The molecule has 4 unspecified atom stereocenters. The number of hydrogen-bond acceptors (Lipinski definition) is 4. The van der Waals surface area contributed by atoms with Gasteiger partial charge in [0, 0.05) is 32.0 Å². The Hall–Kier alpha value is -1.54. The van der Waals surface area contributed by atoms with Gasteiger partial charge < -0.3 is 15.4 Å². The van der Waals surface area contributed by atoms with Crippen molar-refractivity contribution in [2.45, 2.75) is 52.0 Å². The van der Waals surface area contributed by atoms with Crippen LogP contribution in [0.5, 0.6) is 0 Å². The zero-order valence-corrected chi connectivity index (χ0v) is 14.3. The minimum Gasteiger partial charge on any atom is -0.387 e. The summed E-state index contributed by atoms with van der Waals surface area (Å²) in [5.41, 5.74) is 0.149. The van der Waals surface area contributed by atoms with Gasteiger partial charge >= 0.3 is 0 Å². The smallest absolute Gasteiger partial charge is 0.263 e. The topological polar surface area (TPSA) is 74.1 Å². The van der Waals surface area contributed by atoms with E-state index < -0.39 is 0 Å². The minimum absolute atomic E-state index is 0.149. The number of ether oxygens (including phenoxy) is 1. The number of hydrogen-bond donors (Lipinski definition) is 2. The summed E-state index contributed by atoms with van der Waals surface area (Å²) in [6.07, 6.45) is 7.74. The fraction of sp³-hybridized carbons (Fsp3) is 0.778. The molecule has 5 heteroatoms. The van der Waals surface area contributed by atoms with Gasteiger partial charge in [-0.2, -0.15) is 5.26 Å². The number of nitrogens with one attached hydrogen (secondary N) is 2. The first-order valence-corrected chi connectivity index (χ1v) is 8.88. The van der Waals surface area contributed by atoms with E-state index in [9.17, 15) is 10.1 Å². The van der Waals surface area contributed by atoms with Crippen LogP contribution in [0.15, 0.2) is 11.8 Å². The van der Waals surface area contributed by atoms with Gasteiger partial charge in [0.15, 0.2) is 0 Å². The van der Waals surface area contributed by atoms with Crippen LogP contribution >= 0.6 is 0 Å². The second-order valence-electron chi connectivity index (χ2n) is 6.77. The average molecular weight is 319 g/mol.